The molecule has 0 fully saturated rings. The molecule has 0 atom stereocenters. The van der Waals surface area contributed by atoms with E-state index in [9.17, 15) is 0 Å². The van der Waals surface area contributed by atoms with Crippen molar-refractivity contribution in [3.8, 4) is 5.88 Å². The van der Waals surface area contributed by atoms with Crippen LogP contribution in [0.5, 0.6) is 5.88 Å². The predicted molar refractivity (Wildman–Crippen MR) is 60.0 cm³/mol. The number of nitrogens with one attached hydrogen (secondary N) is 1. The van der Waals surface area contributed by atoms with E-state index in [0.29, 0.717) is 19.0 Å². The van der Waals surface area contributed by atoms with E-state index in [4.69, 9.17) is 10.5 Å². The molecule has 0 aromatic carbocycles. The number of aromatic nitrogens is 2. The Morgan fingerprint density at radius 1 is 1.47 bits per heavy atom. The van der Waals surface area contributed by atoms with E-state index in [1.807, 2.05) is 20.8 Å². The molecule has 1 heterocycles. The summed E-state index contributed by atoms with van der Waals surface area (Å²) in [5.41, 5.74) is 5.43. The first-order valence-corrected chi connectivity index (χ1v) is 5.00. The van der Waals surface area contributed by atoms with Crippen LogP contribution < -0.4 is 15.8 Å². The average molecular weight is 210 g/mol. The van der Waals surface area contributed by atoms with Crippen molar-refractivity contribution < 1.29 is 4.74 Å². The zero-order chi connectivity index (χ0) is 11.3. The van der Waals surface area contributed by atoms with Crippen LogP contribution in [0.15, 0.2) is 12.4 Å². The molecule has 0 saturated carbocycles. The molecule has 5 heteroatoms. The van der Waals surface area contributed by atoms with Gasteiger partial charge in [0, 0.05) is 18.2 Å². The highest BCUT2D eigenvalue weighted by molar-refractivity contribution is 5.39. The Balaban J connectivity index is 2.73. The van der Waals surface area contributed by atoms with Gasteiger partial charge >= 0.3 is 0 Å². The van der Waals surface area contributed by atoms with Crippen molar-refractivity contribution in [2.45, 2.75) is 26.3 Å². The summed E-state index contributed by atoms with van der Waals surface area (Å²) >= 11 is 0. The first-order chi connectivity index (χ1) is 7.07. The lowest BCUT2D eigenvalue weighted by Crippen LogP contribution is -2.39. The average Bonchev–Trinajstić information content (AvgIpc) is 2.18. The highest BCUT2D eigenvalue weighted by atomic mass is 16.5. The van der Waals surface area contributed by atoms with Gasteiger partial charge in [-0.1, -0.05) is 0 Å². The van der Waals surface area contributed by atoms with Crippen LogP contribution in [0.3, 0.4) is 0 Å². The van der Waals surface area contributed by atoms with Crippen LogP contribution in [0, 0.1) is 0 Å². The Hall–Kier alpha value is -1.36. The SMILES string of the molecule is CCOc1cc(NC(C)(C)CN)ncn1. The molecule has 84 valence electrons. The Kier molecular flexibility index (Phi) is 3.85. The second-order valence-electron chi connectivity index (χ2n) is 3.89. The highest BCUT2D eigenvalue weighted by Crippen LogP contribution is 2.15. The van der Waals surface area contributed by atoms with E-state index < -0.39 is 0 Å². The second kappa shape index (κ2) is 4.93. The van der Waals surface area contributed by atoms with E-state index in [1.165, 1.54) is 6.33 Å². The Morgan fingerprint density at radius 3 is 2.80 bits per heavy atom. The molecule has 15 heavy (non-hydrogen) atoms. The van der Waals surface area contributed by atoms with E-state index >= 15 is 0 Å². The summed E-state index contributed by atoms with van der Waals surface area (Å²) in [4.78, 5) is 8.08. The number of rotatable bonds is 5. The number of anilines is 1. The fourth-order valence-corrected chi connectivity index (χ4v) is 1.03. The molecule has 0 unspecified atom stereocenters. The maximum absolute atomic E-state index is 5.61. The van der Waals surface area contributed by atoms with Crippen molar-refractivity contribution in [3.05, 3.63) is 12.4 Å². The van der Waals surface area contributed by atoms with Gasteiger partial charge < -0.3 is 15.8 Å². The van der Waals surface area contributed by atoms with Crippen LogP contribution in [0.1, 0.15) is 20.8 Å². The first-order valence-electron chi connectivity index (χ1n) is 5.00. The minimum absolute atomic E-state index is 0.183. The summed E-state index contributed by atoms with van der Waals surface area (Å²) < 4.78 is 5.27. The van der Waals surface area contributed by atoms with Crippen LogP contribution >= 0.6 is 0 Å². The molecular weight excluding hydrogens is 192 g/mol. The quantitative estimate of drug-likeness (QED) is 0.759. The first kappa shape index (κ1) is 11.7. The maximum Gasteiger partial charge on any atom is 0.218 e. The van der Waals surface area contributed by atoms with Gasteiger partial charge in [-0.15, -0.1) is 0 Å². The van der Waals surface area contributed by atoms with E-state index in [-0.39, 0.29) is 5.54 Å². The zero-order valence-electron chi connectivity index (χ0n) is 9.45. The molecule has 0 saturated heterocycles. The molecule has 0 aliphatic carbocycles. The predicted octanol–water partition coefficient (Wildman–Crippen LogP) is 1.02. The minimum atomic E-state index is -0.183. The summed E-state index contributed by atoms with van der Waals surface area (Å²) in [5, 5.41) is 3.21. The van der Waals surface area contributed by atoms with Crippen molar-refractivity contribution in [1.29, 1.82) is 0 Å². The Morgan fingerprint density at radius 2 is 2.20 bits per heavy atom. The third-order valence-corrected chi connectivity index (χ3v) is 1.91. The van der Waals surface area contributed by atoms with Gasteiger partial charge in [-0.2, -0.15) is 0 Å². The second-order valence-corrected chi connectivity index (χ2v) is 3.89. The van der Waals surface area contributed by atoms with Crippen LogP contribution in [0.2, 0.25) is 0 Å². The van der Waals surface area contributed by atoms with Gasteiger partial charge in [0.05, 0.1) is 6.61 Å². The van der Waals surface area contributed by atoms with E-state index in [1.54, 1.807) is 6.07 Å². The fraction of sp³-hybridized carbons (Fsp3) is 0.600. The van der Waals surface area contributed by atoms with Crippen molar-refractivity contribution in [2.75, 3.05) is 18.5 Å². The maximum atomic E-state index is 5.61. The summed E-state index contributed by atoms with van der Waals surface area (Å²) in [6, 6.07) is 1.76. The smallest absolute Gasteiger partial charge is 0.218 e. The Labute approximate surface area is 90.1 Å². The van der Waals surface area contributed by atoms with Gasteiger partial charge in [0.1, 0.15) is 12.1 Å². The molecule has 0 spiro atoms. The minimum Gasteiger partial charge on any atom is -0.478 e. The van der Waals surface area contributed by atoms with Crippen molar-refractivity contribution >= 4 is 5.82 Å². The van der Waals surface area contributed by atoms with Crippen LogP contribution in [0.25, 0.3) is 0 Å². The third-order valence-electron chi connectivity index (χ3n) is 1.91. The van der Waals surface area contributed by atoms with Crippen molar-refractivity contribution in [1.82, 2.24) is 9.97 Å². The molecule has 0 aliphatic rings. The summed E-state index contributed by atoms with van der Waals surface area (Å²) in [6.07, 6.45) is 1.47. The van der Waals surface area contributed by atoms with Crippen molar-refractivity contribution in [3.63, 3.8) is 0 Å². The normalized spacial score (nSPS) is 11.2. The van der Waals surface area contributed by atoms with Crippen molar-refractivity contribution in [2.24, 2.45) is 5.73 Å². The molecule has 1 aromatic rings. The number of nitrogens with two attached hydrogens (primary N) is 1. The monoisotopic (exact) mass is 210 g/mol. The molecule has 0 radical (unpaired) electrons. The fourth-order valence-electron chi connectivity index (χ4n) is 1.03. The number of hydrogen-bond acceptors (Lipinski definition) is 5. The molecule has 5 nitrogen and oxygen atoms in total. The standard InChI is InChI=1S/C10H18N4O/c1-4-15-9-5-8(12-7-13-9)14-10(2,3)6-11/h5,7H,4,6,11H2,1-3H3,(H,12,13,14). The molecular formula is C10H18N4O. The van der Waals surface area contributed by atoms with Gasteiger partial charge in [-0.3, -0.25) is 0 Å². The largest absolute Gasteiger partial charge is 0.478 e. The van der Waals surface area contributed by atoms with Crippen LogP contribution in [-0.2, 0) is 0 Å². The van der Waals surface area contributed by atoms with Gasteiger partial charge in [0.2, 0.25) is 5.88 Å². The van der Waals surface area contributed by atoms with E-state index in [2.05, 4.69) is 15.3 Å². The van der Waals surface area contributed by atoms with E-state index in [0.717, 1.165) is 5.82 Å². The molecule has 0 aliphatic heterocycles. The number of nitrogens with zero attached hydrogens (tertiary/aromatic N) is 2. The van der Waals surface area contributed by atoms with Gasteiger partial charge in [0.15, 0.2) is 0 Å². The number of hydrogen-bond donors (Lipinski definition) is 2. The lowest BCUT2D eigenvalue weighted by molar-refractivity contribution is 0.326. The summed E-state index contributed by atoms with van der Waals surface area (Å²) in [5.74, 6) is 1.30. The molecule has 0 amide bonds. The lowest BCUT2D eigenvalue weighted by atomic mass is 10.1. The van der Waals surface area contributed by atoms with Gasteiger partial charge in [0.25, 0.3) is 0 Å². The van der Waals surface area contributed by atoms with Gasteiger partial charge in [-0.05, 0) is 20.8 Å². The molecule has 1 rings (SSSR count). The topological polar surface area (TPSA) is 73.1 Å². The molecule has 3 N–H and O–H groups in total. The molecule has 0 bridgehead atoms. The van der Waals surface area contributed by atoms with Crippen LogP contribution in [0.4, 0.5) is 5.82 Å². The molecule has 1 aromatic heterocycles. The third kappa shape index (κ3) is 3.71. The lowest BCUT2D eigenvalue weighted by Gasteiger charge is -2.24. The zero-order valence-corrected chi connectivity index (χ0v) is 9.45. The number of ether oxygens (including phenoxy) is 1. The Bertz CT molecular complexity index is 314. The van der Waals surface area contributed by atoms with Gasteiger partial charge in [-0.25, -0.2) is 9.97 Å². The summed E-state index contributed by atoms with van der Waals surface area (Å²) in [6.45, 7) is 7.06. The van der Waals surface area contributed by atoms with Crippen LogP contribution in [-0.4, -0.2) is 28.7 Å². The highest BCUT2D eigenvalue weighted by Gasteiger charge is 2.15. The summed E-state index contributed by atoms with van der Waals surface area (Å²) in [7, 11) is 0.